The Morgan fingerprint density at radius 1 is 1.22 bits per heavy atom. The molecule has 2 N–H and O–H groups in total. The standard InChI is InChI=1S/C15H27NO2/c1-15(2,14(17)18)8-9-16-13-5-3-4-12(10-13)11-6-7-11/h11-13,16H,3-10H2,1-2H3,(H,17,18). The van der Waals surface area contributed by atoms with Crippen molar-refractivity contribution in [2.24, 2.45) is 17.3 Å². The third kappa shape index (κ3) is 3.71. The van der Waals surface area contributed by atoms with E-state index in [1.54, 1.807) is 0 Å². The van der Waals surface area contributed by atoms with E-state index in [9.17, 15) is 4.79 Å². The Hall–Kier alpha value is -0.570. The molecule has 18 heavy (non-hydrogen) atoms. The summed E-state index contributed by atoms with van der Waals surface area (Å²) in [6.45, 7) is 4.46. The lowest BCUT2D eigenvalue weighted by Gasteiger charge is -2.31. The molecule has 2 aliphatic carbocycles. The molecule has 2 aliphatic rings. The number of aliphatic carboxylic acids is 1. The minimum Gasteiger partial charge on any atom is -0.481 e. The van der Waals surface area contributed by atoms with Gasteiger partial charge in [0, 0.05) is 6.04 Å². The first-order chi connectivity index (χ1) is 8.49. The van der Waals surface area contributed by atoms with Crippen molar-refractivity contribution >= 4 is 5.97 Å². The van der Waals surface area contributed by atoms with Crippen molar-refractivity contribution in [2.75, 3.05) is 6.54 Å². The van der Waals surface area contributed by atoms with Gasteiger partial charge in [-0.05, 0) is 64.3 Å². The highest BCUT2D eigenvalue weighted by Gasteiger charge is 2.34. The van der Waals surface area contributed by atoms with Crippen LogP contribution in [0.3, 0.4) is 0 Å². The van der Waals surface area contributed by atoms with Crippen molar-refractivity contribution < 1.29 is 9.90 Å². The number of carbonyl (C=O) groups is 1. The van der Waals surface area contributed by atoms with E-state index in [0.29, 0.717) is 12.5 Å². The molecule has 2 unspecified atom stereocenters. The topological polar surface area (TPSA) is 49.3 Å². The second kappa shape index (κ2) is 5.60. The number of nitrogens with one attached hydrogen (secondary N) is 1. The molecule has 2 fully saturated rings. The SMILES string of the molecule is CC(C)(CCNC1CCCC(C2CC2)C1)C(=O)O. The second-order valence-corrected chi connectivity index (χ2v) is 6.85. The average molecular weight is 253 g/mol. The predicted molar refractivity (Wildman–Crippen MR) is 72.5 cm³/mol. The summed E-state index contributed by atoms with van der Waals surface area (Å²) in [6.07, 6.45) is 8.97. The van der Waals surface area contributed by atoms with Crippen molar-refractivity contribution in [1.29, 1.82) is 0 Å². The number of rotatable bonds is 6. The Labute approximate surface area is 110 Å². The van der Waals surface area contributed by atoms with Gasteiger partial charge in [-0.25, -0.2) is 0 Å². The van der Waals surface area contributed by atoms with Crippen LogP contribution in [0.2, 0.25) is 0 Å². The quantitative estimate of drug-likeness (QED) is 0.765. The minimum absolute atomic E-state index is 0.600. The van der Waals surface area contributed by atoms with Crippen LogP contribution >= 0.6 is 0 Å². The van der Waals surface area contributed by atoms with Crippen molar-refractivity contribution in [2.45, 2.75) is 64.8 Å². The van der Waals surface area contributed by atoms with Crippen LogP contribution < -0.4 is 5.32 Å². The van der Waals surface area contributed by atoms with Gasteiger partial charge in [0.1, 0.15) is 0 Å². The lowest BCUT2D eigenvalue weighted by atomic mass is 9.82. The fourth-order valence-corrected chi connectivity index (χ4v) is 3.10. The van der Waals surface area contributed by atoms with E-state index >= 15 is 0 Å². The van der Waals surface area contributed by atoms with E-state index in [1.165, 1.54) is 38.5 Å². The molecule has 3 heteroatoms. The van der Waals surface area contributed by atoms with Crippen LogP contribution in [0.25, 0.3) is 0 Å². The molecular formula is C15H27NO2. The summed E-state index contributed by atoms with van der Waals surface area (Å²) in [5, 5.41) is 12.7. The molecule has 0 radical (unpaired) electrons. The Balaban J connectivity index is 1.68. The molecule has 0 aliphatic heterocycles. The summed E-state index contributed by atoms with van der Waals surface area (Å²) >= 11 is 0. The van der Waals surface area contributed by atoms with Crippen LogP contribution in [0.1, 0.15) is 58.8 Å². The lowest BCUT2D eigenvalue weighted by Crippen LogP contribution is -2.37. The van der Waals surface area contributed by atoms with E-state index in [0.717, 1.165) is 18.4 Å². The zero-order valence-electron chi connectivity index (χ0n) is 11.7. The molecule has 0 aromatic carbocycles. The van der Waals surface area contributed by atoms with Gasteiger partial charge < -0.3 is 10.4 Å². The minimum atomic E-state index is -0.691. The average Bonchev–Trinajstić information content (AvgIpc) is 3.13. The van der Waals surface area contributed by atoms with Gasteiger partial charge >= 0.3 is 5.97 Å². The van der Waals surface area contributed by atoms with E-state index in [2.05, 4.69) is 5.32 Å². The molecular weight excluding hydrogens is 226 g/mol. The monoisotopic (exact) mass is 253 g/mol. The van der Waals surface area contributed by atoms with Gasteiger partial charge in [0.15, 0.2) is 0 Å². The summed E-state index contributed by atoms with van der Waals surface area (Å²) in [4.78, 5) is 11.0. The third-order valence-electron chi connectivity index (χ3n) is 4.77. The molecule has 2 rings (SSSR count). The van der Waals surface area contributed by atoms with Crippen LogP contribution in [0.15, 0.2) is 0 Å². The number of hydrogen-bond donors (Lipinski definition) is 2. The molecule has 0 saturated heterocycles. The van der Waals surface area contributed by atoms with Crippen molar-refractivity contribution in [3.63, 3.8) is 0 Å². The largest absolute Gasteiger partial charge is 0.481 e. The smallest absolute Gasteiger partial charge is 0.309 e. The third-order valence-corrected chi connectivity index (χ3v) is 4.77. The van der Waals surface area contributed by atoms with Gasteiger partial charge in [-0.1, -0.05) is 12.8 Å². The first-order valence-corrected chi connectivity index (χ1v) is 7.46. The second-order valence-electron chi connectivity index (χ2n) is 6.85. The van der Waals surface area contributed by atoms with Crippen molar-refractivity contribution in [3.8, 4) is 0 Å². The number of carboxylic acids is 1. The van der Waals surface area contributed by atoms with Crippen LogP contribution in [0, 0.1) is 17.3 Å². The summed E-state index contributed by atoms with van der Waals surface area (Å²) in [5.74, 6) is 1.28. The molecule has 0 bridgehead atoms. The maximum Gasteiger partial charge on any atom is 0.309 e. The van der Waals surface area contributed by atoms with E-state index in [-0.39, 0.29) is 0 Å². The van der Waals surface area contributed by atoms with Gasteiger partial charge in [-0.2, -0.15) is 0 Å². The lowest BCUT2D eigenvalue weighted by molar-refractivity contribution is -0.147. The zero-order valence-corrected chi connectivity index (χ0v) is 11.7. The fraction of sp³-hybridized carbons (Fsp3) is 0.933. The normalized spacial score (nSPS) is 29.2. The van der Waals surface area contributed by atoms with E-state index < -0.39 is 11.4 Å². The summed E-state index contributed by atoms with van der Waals surface area (Å²) in [5.41, 5.74) is -0.600. The summed E-state index contributed by atoms with van der Waals surface area (Å²) in [6, 6.07) is 0.633. The molecule has 3 nitrogen and oxygen atoms in total. The fourth-order valence-electron chi connectivity index (χ4n) is 3.10. The molecule has 2 saturated carbocycles. The Morgan fingerprint density at radius 2 is 1.94 bits per heavy atom. The molecule has 104 valence electrons. The first kappa shape index (κ1) is 13.9. The van der Waals surface area contributed by atoms with Gasteiger partial charge in [-0.15, -0.1) is 0 Å². The molecule has 0 heterocycles. The van der Waals surface area contributed by atoms with Crippen LogP contribution in [0.4, 0.5) is 0 Å². The van der Waals surface area contributed by atoms with Gasteiger partial charge in [0.05, 0.1) is 5.41 Å². The van der Waals surface area contributed by atoms with E-state index in [4.69, 9.17) is 5.11 Å². The molecule has 0 aromatic heterocycles. The van der Waals surface area contributed by atoms with Crippen LogP contribution in [-0.2, 0) is 4.79 Å². The highest BCUT2D eigenvalue weighted by atomic mass is 16.4. The highest BCUT2D eigenvalue weighted by molar-refractivity contribution is 5.73. The molecule has 0 amide bonds. The van der Waals surface area contributed by atoms with Gasteiger partial charge in [0.2, 0.25) is 0 Å². The van der Waals surface area contributed by atoms with Crippen molar-refractivity contribution in [3.05, 3.63) is 0 Å². The predicted octanol–water partition coefficient (Wildman–Crippen LogP) is 3.05. The Bertz CT molecular complexity index is 297. The van der Waals surface area contributed by atoms with Crippen LogP contribution in [0.5, 0.6) is 0 Å². The number of carboxylic acid groups (broad SMARTS) is 1. The Morgan fingerprint density at radius 3 is 2.56 bits per heavy atom. The number of hydrogen-bond acceptors (Lipinski definition) is 2. The maximum absolute atomic E-state index is 11.0. The Kier molecular flexibility index (Phi) is 4.31. The van der Waals surface area contributed by atoms with Crippen LogP contribution in [-0.4, -0.2) is 23.7 Å². The molecule has 0 aromatic rings. The molecule has 0 spiro atoms. The highest BCUT2D eigenvalue weighted by Crippen LogP contribution is 2.43. The van der Waals surface area contributed by atoms with Crippen molar-refractivity contribution in [1.82, 2.24) is 5.32 Å². The van der Waals surface area contributed by atoms with Gasteiger partial charge in [0.25, 0.3) is 0 Å². The molecule has 2 atom stereocenters. The maximum atomic E-state index is 11.0. The van der Waals surface area contributed by atoms with E-state index in [1.807, 2.05) is 13.8 Å². The summed E-state index contributed by atoms with van der Waals surface area (Å²) in [7, 11) is 0. The zero-order chi connectivity index (χ0) is 13.2. The first-order valence-electron chi connectivity index (χ1n) is 7.46. The summed E-state index contributed by atoms with van der Waals surface area (Å²) < 4.78 is 0. The van der Waals surface area contributed by atoms with Gasteiger partial charge in [-0.3, -0.25) is 4.79 Å².